The van der Waals surface area contributed by atoms with E-state index in [4.69, 9.17) is 23.2 Å². The van der Waals surface area contributed by atoms with Crippen LogP contribution in [-0.4, -0.2) is 62.3 Å². The van der Waals surface area contributed by atoms with Crippen LogP contribution in [0.2, 0.25) is 8.67 Å². The van der Waals surface area contributed by atoms with Gasteiger partial charge in [0.25, 0.3) is 0 Å². The largest absolute Gasteiger partial charge is 0.659 e. The SMILES string of the molecule is Clc1cnc(N2CCNCC2)s1.Clc1cnc(N2CC[N-]CC2)s1.[Ac]. The predicted octanol–water partition coefficient (Wildman–Crippen LogP) is 3.20. The van der Waals surface area contributed by atoms with Gasteiger partial charge in [0.15, 0.2) is 10.3 Å². The molecule has 0 amide bonds. The Morgan fingerprint density at radius 2 is 1.36 bits per heavy atom. The Morgan fingerprint density at radius 3 is 1.80 bits per heavy atom. The van der Waals surface area contributed by atoms with Crippen molar-refractivity contribution in [1.29, 1.82) is 0 Å². The van der Waals surface area contributed by atoms with Gasteiger partial charge in [-0.15, -0.1) is 13.1 Å². The number of nitrogens with zero attached hydrogens (tertiary/aromatic N) is 5. The minimum absolute atomic E-state index is 0. The van der Waals surface area contributed by atoms with Crippen LogP contribution in [0, 0.1) is 44.1 Å². The number of rotatable bonds is 2. The second-order valence-corrected chi connectivity index (χ2v) is 8.57. The van der Waals surface area contributed by atoms with Crippen molar-refractivity contribution in [3.63, 3.8) is 0 Å². The molecule has 4 rings (SSSR count). The quantitative estimate of drug-likeness (QED) is 0.551. The van der Waals surface area contributed by atoms with Crippen molar-refractivity contribution in [2.45, 2.75) is 0 Å². The zero-order chi connectivity index (χ0) is 16.8. The molecular formula is C14H19AcCl2N6S2-. The van der Waals surface area contributed by atoms with Gasteiger partial charge in [-0.05, 0) is 0 Å². The molecule has 0 aliphatic carbocycles. The van der Waals surface area contributed by atoms with Crippen LogP contribution in [0.25, 0.3) is 5.32 Å². The summed E-state index contributed by atoms with van der Waals surface area (Å²) in [6, 6.07) is 0. The molecule has 2 aromatic heterocycles. The van der Waals surface area contributed by atoms with Crippen LogP contribution in [0.5, 0.6) is 0 Å². The first kappa shape index (κ1) is 22.1. The Hall–Kier alpha value is 0.802. The molecule has 1 radical (unpaired) electrons. The van der Waals surface area contributed by atoms with E-state index in [2.05, 4.69) is 30.4 Å². The number of aromatic nitrogens is 2. The molecule has 4 heterocycles. The van der Waals surface area contributed by atoms with E-state index in [0.29, 0.717) is 0 Å². The van der Waals surface area contributed by atoms with E-state index in [0.717, 1.165) is 71.3 Å². The molecular weight excluding hydrogens is 614 g/mol. The number of piperazine rings is 2. The minimum atomic E-state index is 0. The first-order valence-corrected chi connectivity index (χ1v) is 10.2. The van der Waals surface area contributed by atoms with E-state index in [9.17, 15) is 0 Å². The van der Waals surface area contributed by atoms with Gasteiger partial charge < -0.3 is 20.4 Å². The zero-order valence-corrected chi connectivity index (χ0v) is 21.6. The monoisotopic (exact) mass is 632 g/mol. The van der Waals surface area contributed by atoms with Gasteiger partial charge in [-0.25, -0.2) is 9.97 Å². The number of thiazole rings is 2. The van der Waals surface area contributed by atoms with E-state index in [1.807, 2.05) is 0 Å². The summed E-state index contributed by atoms with van der Waals surface area (Å²) in [5, 5.41) is 9.62. The fraction of sp³-hybridized carbons (Fsp3) is 0.571. The van der Waals surface area contributed by atoms with Crippen molar-refractivity contribution < 1.29 is 44.1 Å². The molecule has 2 saturated heterocycles. The predicted molar refractivity (Wildman–Crippen MR) is 105 cm³/mol. The summed E-state index contributed by atoms with van der Waals surface area (Å²) in [4.78, 5) is 12.9. The van der Waals surface area contributed by atoms with Crippen LogP contribution in [-0.2, 0) is 0 Å². The van der Waals surface area contributed by atoms with Crippen molar-refractivity contribution in [3.05, 3.63) is 26.4 Å². The molecule has 135 valence electrons. The van der Waals surface area contributed by atoms with Crippen molar-refractivity contribution in [2.75, 3.05) is 62.2 Å². The Bertz CT molecular complexity index is 574. The third-order valence-corrected chi connectivity index (χ3v) is 6.00. The van der Waals surface area contributed by atoms with Gasteiger partial charge in [0, 0.05) is 83.3 Å². The third kappa shape index (κ3) is 7.04. The van der Waals surface area contributed by atoms with Crippen molar-refractivity contribution in [1.82, 2.24) is 15.3 Å². The second kappa shape index (κ2) is 11.6. The summed E-state index contributed by atoms with van der Waals surface area (Å²) < 4.78 is 1.52. The molecule has 2 aliphatic heterocycles. The molecule has 2 aromatic rings. The van der Waals surface area contributed by atoms with Crippen LogP contribution >= 0.6 is 45.9 Å². The zero-order valence-electron chi connectivity index (χ0n) is 13.7. The summed E-state index contributed by atoms with van der Waals surface area (Å²) in [6.45, 7) is 7.92. The average Bonchev–Trinajstić information content (AvgIpc) is 3.26. The Kier molecular flexibility index (Phi) is 10.3. The maximum absolute atomic E-state index is 5.79. The van der Waals surface area contributed by atoms with E-state index >= 15 is 0 Å². The number of hydrogen-bond donors (Lipinski definition) is 1. The molecule has 11 heteroatoms. The summed E-state index contributed by atoms with van der Waals surface area (Å²) in [7, 11) is 0. The van der Waals surface area contributed by atoms with Gasteiger partial charge in [0.1, 0.15) is 8.67 Å². The average molecular weight is 633 g/mol. The maximum Gasteiger partial charge on any atom is 0.186 e. The summed E-state index contributed by atoms with van der Waals surface area (Å²) in [5.41, 5.74) is 0. The molecule has 2 fully saturated rings. The first-order chi connectivity index (χ1) is 11.7. The van der Waals surface area contributed by atoms with E-state index in [1.165, 1.54) is 11.3 Å². The van der Waals surface area contributed by atoms with Gasteiger partial charge in [0.05, 0.1) is 12.4 Å². The standard InChI is InChI=1S/C7H10ClN3S.C7H9ClN3S.Ac/c2*8-6-5-10-7(12-6)11-3-1-9-2-4-11;/h5,9H,1-4H2;5H,1-4H2;/q;-1;. The third-order valence-electron chi connectivity index (χ3n) is 3.64. The number of hydrogen-bond acceptors (Lipinski definition) is 7. The minimum Gasteiger partial charge on any atom is -0.659 e. The van der Waals surface area contributed by atoms with Gasteiger partial charge >= 0.3 is 0 Å². The summed E-state index contributed by atoms with van der Waals surface area (Å²) in [6.07, 6.45) is 3.41. The van der Waals surface area contributed by atoms with Crippen molar-refractivity contribution in [2.24, 2.45) is 0 Å². The fourth-order valence-corrected chi connectivity index (χ4v) is 4.34. The smallest absolute Gasteiger partial charge is 0.186 e. The molecule has 0 unspecified atom stereocenters. The molecule has 25 heavy (non-hydrogen) atoms. The van der Waals surface area contributed by atoms with E-state index in [-0.39, 0.29) is 44.1 Å². The van der Waals surface area contributed by atoms with Crippen LogP contribution in [0.3, 0.4) is 0 Å². The topological polar surface area (TPSA) is 58.4 Å². The van der Waals surface area contributed by atoms with Crippen LogP contribution in [0.1, 0.15) is 0 Å². The van der Waals surface area contributed by atoms with Gasteiger partial charge in [0.2, 0.25) is 0 Å². The first-order valence-electron chi connectivity index (χ1n) is 7.79. The summed E-state index contributed by atoms with van der Waals surface area (Å²) in [5.74, 6) is 0. The molecule has 0 aromatic carbocycles. The molecule has 0 saturated carbocycles. The van der Waals surface area contributed by atoms with Crippen molar-refractivity contribution >= 4 is 56.1 Å². The van der Waals surface area contributed by atoms with Crippen LogP contribution in [0.4, 0.5) is 10.3 Å². The van der Waals surface area contributed by atoms with Crippen molar-refractivity contribution in [3.8, 4) is 0 Å². The Balaban J connectivity index is 0.000000173. The van der Waals surface area contributed by atoms with Gasteiger partial charge in [-0.1, -0.05) is 45.9 Å². The normalized spacial score (nSPS) is 17.5. The summed E-state index contributed by atoms with van der Waals surface area (Å²) >= 11 is 14.7. The molecule has 1 N–H and O–H groups in total. The van der Waals surface area contributed by atoms with Gasteiger partial charge in [-0.3, -0.25) is 0 Å². The Morgan fingerprint density at radius 1 is 0.880 bits per heavy atom. The molecule has 0 spiro atoms. The maximum atomic E-state index is 5.79. The Labute approximate surface area is 201 Å². The molecule has 2 aliphatic rings. The molecule has 0 bridgehead atoms. The van der Waals surface area contributed by atoms with Gasteiger partial charge in [-0.2, -0.15) is 0 Å². The molecule has 6 nitrogen and oxygen atoms in total. The number of nitrogens with one attached hydrogen (secondary N) is 1. The van der Waals surface area contributed by atoms with E-state index in [1.54, 1.807) is 23.7 Å². The number of anilines is 2. The van der Waals surface area contributed by atoms with Crippen LogP contribution < -0.4 is 15.1 Å². The molecule has 0 atom stereocenters. The second-order valence-electron chi connectivity index (χ2n) is 5.29. The van der Waals surface area contributed by atoms with Crippen LogP contribution in [0.15, 0.2) is 12.4 Å². The fourth-order valence-electron chi connectivity index (χ4n) is 2.44. The van der Waals surface area contributed by atoms with E-state index < -0.39 is 0 Å². The number of halogens is 2.